The Bertz CT molecular complexity index is 1480. The van der Waals surface area contributed by atoms with E-state index in [2.05, 4.69) is 120 Å². The monoisotopic (exact) mass is 437 g/mol. The van der Waals surface area contributed by atoms with Gasteiger partial charge in [0.05, 0.1) is 0 Å². The molecule has 0 aliphatic rings. The molecule has 2 heteroatoms. The van der Waals surface area contributed by atoms with Crippen LogP contribution >= 0.6 is 0 Å². The zero-order chi connectivity index (χ0) is 22.7. The molecule has 1 heterocycles. The molecule has 0 radical (unpaired) electrons. The highest BCUT2D eigenvalue weighted by Crippen LogP contribution is 2.43. The molecule has 6 aromatic rings. The maximum atomic E-state index is 6.58. The maximum absolute atomic E-state index is 6.58. The summed E-state index contributed by atoms with van der Waals surface area (Å²) in [6, 6.07) is 48.2. The summed E-state index contributed by atoms with van der Waals surface area (Å²) in [7, 11) is 0. The smallest absolute Gasteiger partial charge is 0.143 e. The molecule has 6 rings (SSSR count). The second kappa shape index (κ2) is 8.76. The van der Waals surface area contributed by atoms with Crippen LogP contribution in [0.1, 0.15) is 0 Å². The van der Waals surface area contributed by atoms with Crippen molar-refractivity contribution in [2.75, 3.05) is 4.90 Å². The lowest BCUT2D eigenvalue weighted by molar-refractivity contribution is 0.632. The Hall–Kier alpha value is -4.56. The predicted molar refractivity (Wildman–Crippen MR) is 142 cm³/mol. The second-order valence-electron chi connectivity index (χ2n) is 8.23. The minimum Gasteiger partial charge on any atom is -0.455 e. The van der Waals surface area contributed by atoms with E-state index in [0.717, 1.165) is 50.5 Å². The van der Waals surface area contributed by atoms with Gasteiger partial charge in [0, 0.05) is 39.6 Å². The van der Waals surface area contributed by atoms with Gasteiger partial charge >= 0.3 is 0 Å². The summed E-state index contributed by atoms with van der Waals surface area (Å²) in [5, 5.41) is 1.11. The average Bonchev–Trinajstić information content (AvgIpc) is 3.30. The third-order valence-electron chi connectivity index (χ3n) is 6.06. The van der Waals surface area contributed by atoms with Crippen molar-refractivity contribution in [3.63, 3.8) is 0 Å². The lowest BCUT2D eigenvalue weighted by atomic mass is 9.98. The van der Waals surface area contributed by atoms with Crippen molar-refractivity contribution in [1.29, 1.82) is 0 Å². The molecule has 0 saturated carbocycles. The van der Waals surface area contributed by atoms with E-state index in [-0.39, 0.29) is 0 Å². The van der Waals surface area contributed by atoms with Crippen LogP contribution in [0.2, 0.25) is 0 Å². The van der Waals surface area contributed by atoms with Crippen molar-refractivity contribution in [1.82, 2.24) is 0 Å². The van der Waals surface area contributed by atoms with E-state index in [9.17, 15) is 0 Å². The van der Waals surface area contributed by atoms with E-state index >= 15 is 0 Å². The molecule has 162 valence electrons. The topological polar surface area (TPSA) is 16.4 Å². The molecule has 34 heavy (non-hydrogen) atoms. The van der Waals surface area contributed by atoms with E-state index in [1.54, 1.807) is 0 Å². The standard InChI is InChI=1S/C32H23NO/c1-5-13-24(14-6-1)31-29-22-21-28(23-30(29)34-32(31)25-15-7-2-8-16-25)33(26-17-9-3-10-18-26)27-19-11-4-12-20-27/h1-23H. The van der Waals surface area contributed by atoms with Gasteiger partial charge in [-0.25, -0.2) is 0 Å². The number of fused-ring (bicyclic) bond motifs is 1. The van der Waals surface area contributed by atoms with Crippen molar-refractivity contribution in [2.24, 2.45) is 0 Å². The summed E-state index contributed by atoms with van der Waals surface area (Å²) in [6.07, 6.45) is 0. The van der Waals surface area contributed by atoms with Crippen molar-refractivity contribution >= 4 is 28.0 Å². The minimum absolute atomic E-state index is 0.868. The Morgan fingerprint density at radius 1 is 0.441 bits per heavy atom. The quantitative estimate of drug-likeness (QED) is 0.267. The van der Waals surface area contributed by atoms with Crippen LogP contribution in [-0.2, 0) is 0 Å². The van der Waals surface area contributed by atoms with Crippen LogP contribution in [0.5, 0.6) is 0 Å². The van der Waals surface area contributed by atoms with Crippen LogP contribution in [0.25, 0.3) is 33.4 Å². The second-order valence-corrected chi connectivity index (χ2v) is 8.23. The first-order valence-corrected chi connectivity index (χ1v) is 11.5. The van der Waals surface area contributed by atoms with Crippen molar-refractivity contribution in [3.05, 3.63) is 140 Å². The van der Waals surface area contributed by atoms with Crippen molar-refractivity contribution in [3.8, 4) is 22.5 Å². The summed E-state index contributed by atoms with van der Waals surface area (Å²) in [5.41, 5.74) is 7.47. The van der Waals surface area contributed by atoms with Crippen LogP contribution in [0.4, 0.5) is 17.1 Å². The Kier molecular flexibility index (Phi) is 5.17. The van der Waals surface area contributed by atoms with Gasteiger partial charge in [-0.15, -0.1) is 0 Å². The zero-order valence-corrected chi connectivity index (χ0v) is 18.6. The van der Waals surface area contributed by atoms with Crippen LogP contribution in [0, 0.1) is 0 Å². The number of nitrogens with zero attached hydrogens (tertiary/aromatic N) is 1. The van der Waals surface area contributed by atoms with Gasteiger partial charge in [-0.2, -0.15) is 0 Å². The third-order valence-corrected chi connectivity index (χ3v) is 6.06. The lowest BCUT2D eigenvalue weighted by Gasteiger charge is -2.25. The van der Waals surface area contributed by atoms with Crippen molar-refractivity contribution < 1.29 is 4.42 Å². The Morgan fingerprint density at radius 3 is 1.50 bits per heavy atom. The predicted octanol–water partition coefficient (Wildman–Crippen LogP) is 9.24. The first kappa shape index (κ1) is 20.1. The molecule has 0 N–H and O–H groups in total. The average molecular weight is 438 g/mol. The summed E-state index contributed by atoms with van der Waals surface area (Å²) in [5.74, 6) is 0.893. The number of hydrogen-bond acceptors (Lipinski definition) is 2. The number of benzene rings is 5. The first-order chi connectivity index (χ1) is 16.9. The molecule has 1 aromatic heterocycles. The van der Waals surface area contributed by atoms with Gasteiger partial charge in [0.25, 0.3) is 0 Å². The molecule has 2 nitrogen and oxygen atoms in total. The van der Waals surface area contributed by atoms with E-state index < -0.39 is 0 Å². The first-order valence-electron chi connectivity index (χ1n) is 11.5. The fourth-order valence-corrected chi connectivity index (χ4v) is 4.51. The molecule has 0 atom stereocenters. The van der Waals surface area contributed by atoms with E-state index in [1.807, 2.05) is 24.3 Å². The fourth-order valence-electron chi connectivity index (χ4n) is 4.51. The van der Waals surface area contributed by atoms with Gasteiger partial charge in [0.15, 0.2) is 0 Å². The number of furan rings is 1. The van der Waals surface area contributed by atoms with Crippen molar-refractivity contribution in [2.45, 2.75) is 0 Å². The van der Waals surface area contributed by atoms with Crippen LogP contribution in [0.3, 0.4) is 0 Å². The fraction of sp³-hybridized carbons (Fsp3) is 0. The molecule has 0 aliphatic carbocycles. The normalized spacial score (nSPS) is 10.9. The van der Waals surface area contributed by atoms with E-state index in [1.165, 1.54) is 0 Å². The lowest BCUT2D eigenvalue weighted by Crippen LogP contribution is -2.09. The molecular weight excluding hydrogens is 414 g/mol. The number of hydrogen-bond donors (Lipinski definition) is 0. The van der Waals surface area contributed by atoms with Gasteiger partial charge in [-0.3, -0.25) is 0 Å². The SMILES string of the molecule is c1ccc(-c2oc3cc(N(c4ccccc4)c4ccccc4)ccc3c2-c2ccccc2)cc1. The van der Waals surface area contributed by atoms with E-state index in [4.69, 9.17) is 4.42 Å². The summed E-state index contributed by atoms with van der Waals surface area (Å²) >= 11 is 0. The van der Waals surface area contributed by atoms with Gasteiger partial charge in [-0.05, 0) is 42.0 Å². The highest BCUT2D eigenvalue weighted by molar-refractivity contribution is 6.03. The van der Waals surface area contributed by atoms with Crippen LogP contribution in [-0.4, -0.2) is 0 Å². The molecule has 0 aliphatic heterocycles. The van der Waals surface area contributed by atoms with Crippen LogP contribution < -0.4 is 4.90 Å². The highest BCUT2D eigenvalue weighted by atomic mass is 16.3. The van der Waals surface area contributed by atoms with Gasteiger partial charge in [0.2, 0.25) is 0 Å². The highest BCUT2D eigenvalue weighted by Gasteiger charge is 2.20. The maximum Gasteiger partial charge on any atom is 0.143 e. The molecule has 0 fully saturated rings. The molecule has 0 saturated heterocycles. The van der Waals surface area contributed by atoms with Gasteiger partial charge in [-0.1, -0.05) is 97.1 Å². The molecular formula is C32H23NO. The number of rotatable bonds is 5. The van der Waals surface area contributed by atoms with Crippen LogP contribution in [0.15, 0.2) is 144 Å². The number of para-hydroxylation sites is 2. The summed E-state index contributed by atoms with van der Waals surface area (Å²) in [6.45, 7) is 0. The molecule has 0 unspecified atom stereocenters. The Labute approximate surface area is 199 Å². The molecule has 0 bridgehead atoms. The zero-order valence-electron chi connectivity index (χ0n) is 18.6. The van der Waals surface area contributed by atoms with E-state index in [0.29, 0.717) is 0 Å². The minimum atomic E-state index is 0.868. The third kappa shape index (κ3) is 3.66. The summed E-state index contributed by atoms with van der Waals surface area (Å²) in [4.78, 5) is 2.26. The Morgan fingerprint density at radius 2 is 0.941 bits per heavy atom. The largest absolute Gasteiger partial charge is 0.455 e. The summed E-state index contributed by atoms with van der Waals surface area (Å²) < 4.78 is 6.58. The molecule has 5 aromatic carbocycles. The van der Waals surface area contributed by atoms with Gasteiger partial charge in [0.1, 0.15) is 11.3 Å². The molecule has 0 spiro atoms. The molecule has 0 amide bonds. The Balaban J connectivity index is 1.57. The number of anilines is 3. The van der Waals surface area contributed by atoms with Gasteiger partial charge < -0.3 is 9.32 Å².